The van der Waals surface area contributed by atoms with E-state index in [9.17, 15) is 9.59 Å². The molecule has 0 saturated heterocycles. The largest absolute Gasteiger partial charge is 0.480 e. The van der Waals surface area contributed by atoms with Crippen LogP contribution in [0.4, 0.5) is 0 Å². The lowest BCUT2D eigenvalue weighted by Crippen LogP contribution is -2.38. The van der Waals surface area contributed by atoms with Crippen LogP contribution in [0.25, 0.3) is 0 Å². The fraction of sp³-hybridized carbons (Fsp3) is 0.444. The second-order valence-corrected chi connectivity index (χ2v) is 4.03. The van der Waals surface area contributed by atoms with Gasteiger partial charge >= 0.3 is 5.97 Å². The zero-order valence-electron chi connectivity index (χ0n) is 8.27. The highest BCUT2D eigenvalue weighted by atomic mass is 32.1. The molecule has 0 aliphatic heterocycles. The molecule has 5 nitrogen and oxygen atoms in total. The minimum absolute atomic E-state index is 0.264. The predicted octanol–water partition coefficient (Wildman–Crippen LogP) is 0.665. The lowest BCUT2D eigenvalue weighted by Gasteiger charge is -2.08. The van der Waals surface area contributed by atoms with E-state index in [0.717, 1.165) is 5.01 Å². The fourth-order valence-corrected chi connectivity index (χ4v) is 1.59. The molecule has 1 aromatic heterocycles. The summed E-state index contributed by atoms with van der Waals surface area (Å²) in [7, 11) is 0. The SMILES string of the molecule is C[C@@H](NC(=O)CCc1nccs1)C(=O)O. The molecule has 0 saturated carbocycles. The molecule has 0 radical (unpaired) electrons. The molecule has 2 N–H and O–H groups in total. The summed E-state index contributed by atoms with van der Waals surface area (Å²) in [6.07, 6.45) is 2.50. The van der Waals surface area contributed by atoms with E-state index in [1.165, 1.54) is 18.3 Å². The monoisotopic (exact) mass is 228 g/mol. The van der Waals surface area contributed by atoms with Crippen molar-refractivity contribution < 1.29 is 14.7 Å². The van der Waals surface area contributed by atoms with Gasteiger partial charge in [0.2, 0.25) is 5.91 Å². The minimum atomic E-state index is -1.03. The smallest absolute Gasteiger partial charge is 0.325 e. The number of aryl methyl sites for hydroxylation is 1. The topological polar surface area (TPSA) is 79.3 Å². The Hall–Kier alpha value is -1.43. The number of carboxylic acids is 1. The van der Waals surface area contributed by atoms with Gasteiger partial charge < -0.3 is 10.4 Å². The van der Waals surface area contributed by atoms with Gasteiger partial charge in [0.1, 0.15) is 6.04 Å². The Bertz CT molecular complexity index is 337. The first-order valence-electron chi connectivity index (χ1n) is 4.50. The standard InChI is InChI=1S/C9H12N2O3S/c1-6(9(13)14)11-7(12)2-3-8-10-4-5-15-8/h4-6H,2-3H2,1H3,(H,11,12)(H,13,14)/t6-/m1/s1. The Labute approximate surface area is 91.1 Å². The van der Waals surface area contributed by atoms with E-state index < -0.39 is 12.0 Å². The molecule has 1 heterocycles. The van der Waals surface area contributed by atoms with E-state index in [1.54, 1.807) is 6.20 Å². The minimum Gasteiger partial charge on any atom is -0.480 e. The highest BCUT2D eigenvalue weighted by molar-refractivity contribution is 7.09. The van der Waals surface area contributed by atoms with Gasteiger partial charge in [-0.2, -0.15) is 0 Å². The molecule has 1 amide bonds. The number of hydrogen-bond donors (Lipinski definition) is 2. The van der Waals surface area contributed by atoms with Crippen LogP contribution in [0.3, 0.4) is 0 Å². The maximum atomic E-state index is 11.3. The number of carbonyl (C=O) groups excluding carboxylic acids is 1. The summed E-state index contributed by atoms with van der Waals surface area (Å²) >= 11 is 1.48. The Morgan fingerprint density at radius 1 is 1.67 bits per heavy atom. The van der Waals surface area contributed by atoms with Crippen molar-refractivity contribution >= 4 is 23.2 Å². The van der Waals surface area contributed by atoms with Crippen LogP contribution in [0, 0.1) is 0 Å². The van der Waals surface area contributed by atoms with Gasteiger partial charge in [0.25, 0.3) is 0 Å². The molecule has 0 fully saturated rings. The zero-order chi connectivity index (χ0) is 11.3. The van der Waals surface area contributed by atoms with Crippen molar-refractivity contribution in [2.45, 2.75) is 25.8 Å². The van der Waals surface area contributed by atoms with Crippen molar-refractivity contribution in [1.82, 2.24) is 10.3 Å². The van der Waals surface area contributed by atoms with Crippen LogP contribution in [0.1, 0.15) is 18.4 Å². The number of nitrogens with zero attached hydrogens (tertiary/aromatic N) is 1. The molecular weight excluding hydrogens is 216 g/mol. The van der Waals surface area contributed by atoms with Crippen molar-refractivity contribution in [3.8, 4) is 0 Å². The first kappa shape index (κ1) is 11.6. The molecule has 0 spiro atoms. The van der Waals surface area contributed by atoms with Crippen LogP contribution in [0.15, 0.2) is 11.6 Å². The first-order valence-corrected chi connectivity index (χ1v) is 5.38. The lowest BCUT2D eigenvalue weighted by atomic mass is 10.2. The van der Waals surface area contributed by atoms with E-state index in [4.69, 9.17) is 5.11 Å². The number of thiazole rings is 1. The molecule has 1 rings (SSSR count). The van der Waals surface area contributed by atoms with E-state index in [-0.39, 0.29) is 12.3 Å². The Balaban J connectivity index is 2.28. The van der Waals surface area contributed by atoms with Crippen LogP contribution < -0.4 is 5.32 Å². The summed E-state index contributed by atoms with van der Waals surface area (Å²) in [4.78, 5) is 25.7. The number of aliphatic carboxylic acids is 1. The van der Waals surface area contributed by atoms with E-state index >= 15 is 0 Å². The van der Waals surface area contributed by atoms with Gasteiger partial charge in [-0.25, -0.2) is 4.98 Å². The molecule has 82 valence electrons. The lowest BCUT2D eigenvalue weighted by molar-refractivity contribution is -0.141. The van der Waals surface area contributed by atoms with Gasteiger partial charge in [0.15, 0.2) is 0 Å². The quantitative estimate of drug-likeness (QED) is 0.776. The molecule has 0 aliphatic rings. The second-order valence-electron chi connectivity index (χ2n) is 3.05. The summed E-state index contributed by atoms with van der Waals surface area (Å²) in [5.41, 5.74) is 0. The zero-order valence-corrected chi connectivity index (χ0v) is 9.08. The summed E-state index contributed by atoms with van der Waals surface area (Å²) in [6, 6.07) is -0.839. The first-order chi connectivity index (χ1) is 7.09. The number of aromatic nitrogens is 1. The van der Waals surface area contributed by atoms with Crippen LogP contribution >= 0.6 is 11.3 Å². The molecule has 0 aliphatic carbocycles. The van der Waals surface area contributed by atoms with Crippen LogP contribution in [0.2, 0.25) is 0 Å². The van der Waals surface area contributed by atoms with Gasteiger partial charge in [-0.1, -0.05) is 0 Å². The van der Waals surface area contributed by atoms with Gasteiger partial charge in [-0.3, -0.25) is 9.59 Å². The second kappa shape index (κ2) is 5.45. The average Bonchev–Trinajstić information content (AvgIpc) is 2.66. The maximum Gasteiger partial charge on any atom is 0.325 e. The average molecular weight is 228 g/mol. The predicted molar refractivity (Wildman–Crippen MR) is 55.7 cm³/mol. The maximum absolute atomic E-state index is 11.3. The summed E-state index contributed by atoms with van der Waals surface area (Å²) in [6.45, 7) is 1.43. The van der Waals surface area contributed by atoms with Crippen molar-refractivity contribution in [2.75, 3.05) is 0 Å². The van der Waals surface area contributed by atoms with Gasteiger partial charge in [0, 0.05) is 24.4 Å². The number of amides is 1. The van der Waals surface area contributed by atoms with Gasteiger partial charge in [0.05, 0.1) is 5.01 Å². The molecule has 15 heavy (non-hydrogen) atoms. The molecular formula is C9H12N2O3S. The molecule has 1 atom stereocenters. The van der Waals surface area contributed by atoms with E-state index in [1.807, 2.05) is 5.38 Å². The Kier molecular flexibility index (Phi) is 4.23. The highest BCUT2D eigenvalue weighted by Crippen LogP contribution is 2.06. The third-order valence-corrected chi connectivity index (χ3v) is 2.64. The third kappa shape index (κ3) is 4.07. The Morgan fingerprint density at radius 3 is 2.93 bits per heavy atom. The van der Waals surface area contributed by atoms with Gasteiger partial charge in [-0.15, -0.1) is 11.3 Å². The van der Waals surface area contributed by atoms with Crippen molar-refractivity contribution in [3.05, 3.63) is 16.6 Å². The van der Waals surface area contributed by atoms with Crippen LogP contribution in [-0.4, -0.2) is 28.0 Å². The van der Waals surface area contributed by atoms with E-state index in [0.29, 0.717) is 6.42 Å². The van der Waals surface area contributed by atoms with Crippen molar-refractivity contribution in [1.29, 1.82) is 0 Å². The summed E-state index contributed by atoms with van der Waals surface area (Å²) in [5, 5.41) is 13.7. The molecule has 0 unspecified atom stereocenters. The van der Waals surface area contributed by atoms with Crippen LogP contribution in [-0.2, 0) is 16.0 Å². The number of carbonyl (C=O) groups is 2. The van der Waals surface area contributed by atoms with Crippen molar-refractivity contribution in [2.24, 2.45) is 0 Å². The molecule has 0 aromatic carbocycles. The van der Waals surface area contributed by atoms with Crippen molar-refractivity contribution in [3.63, 3.8) is 0 Å². The molecule has 0 bridgehead atoms. The number of rotatable bonds is 5. The van der Waals surface area contributed by atoms with E-state index in [2.05, 4.69) is 10.3 Å². The fourth-order valence-electron chi connectivity index (χ4n) is 0.972. The van der Waals surface area contributed by atoms with Gasteiger partial charge in [-0.05, 0) is 6.92 Å². The molecule has 6 heteroatoms. The molecule has 1 aromatic rings. The highest BCUT2D eigenvalue weighted by Gasteiger charge is 2.13. The number of nitrogens with one attached hydrogen (secondary N) is 1. The number of carboxylic acid groups (broad SMARTS) is 1. The van der Waals surface area contributed by atoms with Crippen LogP contribution in [0.5, 0.6) is 0 Å². The Morgan fingerprint density at radius 2 is 2.40 bits per heavy atom. The summed E-state index contributed by atoms with van der Waals surface area (Å²) < 4.78 is 0. The third-order valence-electron chi connectivity index (χ3n) is 1.80. The summed E-state index contributed by atoms with van der Waals surface area (Å²) in [5.74, 6) is -1.29. The number of hydrogen-bond acceptors (Lipinski definition) is 4. The normalized spacial score (nSPS) is 12.1.